The van der Waals surface area contributed by atoms with Crippen LogP contribution in [0.4, 0.5) is 4.79 Å². The Hall–Kier alpha value is -2.56. The molecule has 0 amide bonds. The number of ether oxygens (including phenoxy) is 1. The van der Waals surface area contributed by atoms with Crippen molar-refractivity contribution in [2.24, 2.45) is 0 Å². The topological polar surface area (TPSA) is 75.2 Å². The van der Waals surface area contributed by atoms with Crippen molar-refractivity contribution in [3.8, 4) is 16.9 Å². The quantitative estimate of drug-likeness (QED) is 0.628. The van der Waals surface area contributed by atoms with Gasteiger partial charge < -0.3 is 9.84 Å². The number of aromatic nitrogens is 2. The normalized spacial score (nSPS) is 10.8. The summed E-state index contributed by atoms with van der Waals surface area (Å²) in [5, 5.41) is 16.3. The Bertz CT molecular complexity index is 675. The van der Waals surface area contributed by atoms with Crippen LogP contribution in [0.3, 0.4) is 0 Å². The number of hydrogen-bond donors (Lipinski definition) is 2. The largest absolute Gasteiger partial charge is 0.511 e. The summed E-state index contributed by atoms with van der Waals surface area (Å²) < 4.78 is 4.72. The van der Waals surface area contributed by atoms with Gasteiger partial charge in [-0.1, -0.05) is 12.1 Å². The molecular weight excluding hydrogens is 220 g/mol. The van der Waals surface area contributed by atoms with Crippen molar-refractivity contribution in [1.82, 2.24) is 10.2 Å². The van der Waals surface area contributed by atoms with Crippen molar-refractivity contribution in [1.29, 1.82) is 0 Å². The zero-order valence-electron chi connectivity index (χ0n) is 8.68. The van der Waals surface area contributed by atoms with E-state index < -0.39 is 6.16 Å². The lowest BCUT2D eigenvalue weighted by atomic mass is 10.2. The molecule has 1 aromatic heterocycles. The average Bonchev–Trinajstić information content (AvgIpc) is 2.82. The monoisotopic (exact) mass is 228 g/mol. The van der Waals surface area contributed by atoms with E-state index in [0.717, 1.165) is 22.0 Å². The van der Waals surface area contributed by atoms with Gasteiger partial charge in [-0.3, -0.25) is 5.10 Å². The lowest BCUT2D eigenvalue weighted by Gasteiger charge is -1.98. The van der Waals surface area contributed by atoms with Crippen LogP contribution in [-0.4, -0.2) is 21.5 Å². The standard InChI is InChI=1S/C12H8N2O3/c15-12(16)17-11-4-2-7-1-3-10-8(5-9(7)11)6-13-14-10/h1-6H,(H,13,14)(H,15,16). The smallest absolute Gasteiger partial charge is 0.449 e. The van der Waals surface area contributed by atoms with Gasteiger partial charge in [-0.25, -0.2) is 4.79 Å². The van der Waals surface area contributed by atoms with E-state index in [9.17, 15) is 4.79 Å². The maximum atomic E-state index is 10.6. The van der Waals surface area contributed by atoms with Gasteiger partial charge in [0, 0.05) is 10.9 Å². The third-order valence-electron chi connectivity index (χ3n) is 2.62. The predicted octanol–water partition coefficient (Wildman–Crippen LogP) is 2.72. The molecule has 0 saturated heterocycles. The molecule has 0 bridgehead atoms. The summed E-state index contributed by atoms with van der Waals surface area (Å²) in [5.41, 5.74) is 2.57. The maximum Gasteiger partial charge on any atom is 0.511 e. The second kappa shape index (κ2) is 3.48. The molecule has 84 valence electrons. The molecule has 0 spiro atoms. The number of rotatable bonds is 1. The highest BCUT2D eigenvalue weighted by Crippen LogP contribution is 2.35. The summed E-state index contributed by atoms with van der Waals surface area (Å²) in [5.74, 6) is 0.339. The van der Waals surface area contributed by atoms with Crippen molar-refractivity contribution in [2.45, 2.75) is 0 Å². The SMILES string of the molecule is O=C(O)Oc1ccc2ccc3[nH]ncc3cc1-2. The molecule has 0 saturated carbocycles. The number of aromatic amines is 1. The third-order valence-corrected chi connectivity index (χ3v) is 2.62. The Kier molecular flexibility index (Phi) is 1.98. The molecule has 1 heterocycles. The van der Waals surface area contributed by atoms with E-state index in [2.05, 4.69) is 10.2 Å². The van der Waals surface area contributed by atoms with E-state index in [1.165, 1.54) is 0 Å². The number of fused-ring (bicyclic) bond motifs is 2. The number of carboxylic acid groups (broad SMARTS) is 1. The molecule has 2 aliphatic rings. The van der Waals surface area contributed by atoms with E-state index in [-0.39, 0.29) is 0 Å². The Morgan fingerprint density at radius 3 is 2.94 bits per heavy atom. The molecule has 5 nitrogen and oxygen atoms in total. The minimum atomic E-state index is -1.31. The number of H-pyrrole nitrogens is 1. The molecule has 2 aliphatic carbocycles. The zero-order chi connectivity index (χ0) is 11.8. The van der Waals surface area contributed by atoms with Gasteiger partial charge in [-0.15, -0.1) is 0 Å². The van der Waals surface area contributed by atoms with Crippen molar-refractivity contribution < 1.29 is 14.6 Å². The molecule has 0 aromatic carbocycles. The van der Waals surface area contributed by atoms with Gasteiger partial charge in [-0.05, 0) is 23.8 Å². The first-order chi connectivity index (χ1) is 8.24. The van der Waals surface area contributed by atoms with Crippen LogP contribution in [0, 0.1) is 0 Å². The molecule has 0 atom stereocenters. The second-order valence-corrected chi connectivity index (χ2v) is 3.65. The van der Waals surface area contributed by atoms with E-state index in [0.29, 0.717) is 5.75 Å². The van der Waals surface area contributed by atoms with E-state index in [4.69, 9.17) is 9.84 Å². The fourth-order valence-electron chi connectivity index (χ4n) is 1.85. The van der Waals surface area contributed by atoms with Crippen LogP contribution >= 0.6 is 0 Å². The van der Waals surface area contributed by atoms with Gasteiger partial charge in [0.15, 0.2) is 0 Å². The third kappa shape index (κ3) is 1.57. The van der Waals surface area contributed by atoms with Crippen LogP contribution in [0.25, 0.3) is 22.0 Å². The molecule has 0 radical (unpaired) electrons. The van der Waals surface area contributed by atoms with Crippen LogP contribution in [0.1, 0.15) is 0 Å². The molecule has 5 heteroatoms. The van der Waals surface area contributed by atoms with Crippen molar-refractivity contribution in [3.63, 3.8) is 0 Å². The molecule has 3 rings (SSSR count). The summed E-state index contributed by atoms with van der Waals surface area (Å²) >= 11 is 0. The van der Waals surface area contributed by atoms with Crippen molar-refractivity contribution >= 4 is 17.1 Å². The van der Waals surface area contributed by atoms with E-state index in [1.54, 1.807) is 12.3 Å². The Balaban J connectivity index is 2.25. The first-order valence-corrected chi connectivity index (χ1v) is 5.01. The van der Waals surface area contributed by atoms with Gasteiger partial charge >= 0.3 is 6.16 Å². The Morgan fingerprint density at radius 2 is 2.12 bits per heavy atom. The molecule has 1 aromatic rings. The van der Waals surface area contributed by atoms with Crippen LogP contribution in [0.2, 0.25) is 0 Å². The highest BCUT2D eigenvalue weighted by molar-refractivity contribution is 5.87. The van der Waals surface area contributed by atoms with Crippen LogP contribution in [0.15, 0.2) is 36.5 Å². The van der Waals surface area contributed by atoms with Gasteiger partial charge in [0.1, 0.15) is 5.75 Å². The Labute approximate surface area is 96.0 Å². The fourth-order valence-corrected chi connectivity index (χ4v) is 1.85. The van der Waals surface area contributed by atoms with Crippen LogP contribution in [0.5, 0.6) is 5.75 Å². The summed E-state index contributed by atoms with van der Waals surface area (Å²) in [4.78, 5) is 10.6. The van der Waals surface area contributed by atoms with Crippen molar-refractivity contribution in [3.05, 3.63) is 36.5 Å². The summed E-state index contributed by atoms with van der Waals surface area (Å²) in [6.45, 7) is 0. The molecule has 0 unspecified atom stereocenters. The maximum absolute atomic E-state index is 10.6. The number of nitrogens with one attached hydrogen (secondary N) is 1. The lowest BCUT2D eigenvalue weighted by molar-refractivity contribution is 0.145. The zero-order valence-corrected chi connectivity index (χ0v) is 8.68. The lowest BCUT2D eigenvalue weighted by Crippen LogP contribution is -2.02. The van der Waals surface area contributed by atoms with Crippen molar-refractivity contribution in [2.75, 3.05) is 0 Å². The van der Waals surface area contributed by atoms with Gasteiger partial charge in [0.05, 0.1) is 11.7 Å². The van der Waals surface area contributed by atoms with Gasteiger partial charge in [0.25, 0.3) is 0 Å². The first-order valence-electron chi connectivity index (χ1n) is 5.01. The summed E-state index contributed by atoms with van der Waals surface area (Å²) in [7, 11) is 0. The molecule has 0 fully saturated rings. The highest BCUT2D eigenvalue weighted by atomic mass is 16.7. The number of nitrogens with zero attached hydrogens (tertiary/aromatic N) is 1. The second-order valence-electron chi connectivity index (χ2n) is 3.65. The molecular formula is C12H8N2O3. The van der Waals surface area contributed by atoms with Gasteiger partial charge in [0.2, 0.25) is 0 Å². The summed E-state index contributed by atoms with van der Waals surface area (Å²) in [6, 6.07) is 9.11. The van der Waals surface area contributed by atoms with E-state index in [1.807, 2.05) is 24.3 Å². The number of hydrogen-bond acceptors (Lipinski definition) is 3. The first kappa shape index (κ1) is 9.65. The van der Waals surface area contributed by atoms with Crippen LogP contribution in [-0.2, 0) is 0 Å². The average molecular weight is 228 g/mol. The molecule has 17 heavy (non-hydrogen) atoms. The van der Waals surface area contributed by atoms with Crippen LogP contribution < -0.4 is 4.74 Å². The number of carbonyl (C=O) groups is 1. The minimum Gasteiger partial charge on any atom is -0.449 e. The highest BCUT2D eigenvalue weighted by Gasteiger charge is 2.13. The predicted molar refractivity (Wildman–Crippen MR) is 61.4 cm³/mol. The van der Waals surface area contributed by atoms with E-state index >= 15 is 0 Å². The molecule has 0 aliphatic heterocycles. The minimum absolute atomic E-state index is 0.339. The molecule has 2 N–H and O–H groups in total. The fraction of sp³-hybridized carbons (Fsp3) is 0. The summed E-state index contributed by atoms with van der Waals surface area (Å²) in [6.07, 6.45) is 0.374. The van der Waals surface area contributed by atoms with Gasteiger partial charge in [-0.2, -0.15) is 5.10 Å². The Morgan fingerprint density at radius 1 is 1.29 bits per heavy atom.